The highest BCUT2D eigenvalue weighted by Gasteiger charge is 2.34. The van der Waals surface area contributed by atoms with Gasteiger partial charge in [-0.1, -0.05) is 78.9 Å². The van der Waals surface area contributed by atoms with Crippen molar-refractivity contribution in [1.29, 1.82) is 0 Å². The van der Waals surface area contributed by atoms with E-state index in [1.807, 2.05) is 73.7 Å². The lowest BCUT2D eigenvalue weighted by Gasteiger charge is -2.30. The Morgan fingerprint density at radius 1 is 0.881 bits per heavy atom. The Hall–Kier alpha value is -6.18. The minimum atomic E-state index is -0.781. The molecule has 5 aromatic rings. The van der Waals surface area contributed by atoms with Crippen molar-refractivity contribution in [2.75, 3.05) is 23.8 Å². The zero-order valence-electron chi connectivity index (χ0n) is 33.5. The molecule has 304 valence electrons. The molecule has 1 aliphatic heterocycles. The number of rotatable bonds is 12. The van der Waals surface area contributed by atoms with Gasteiger partial charge in [-0.05, 0) is 99.7 Å². The fourth-order valence-corrected chi connectivity index (χ4v) is 8.64. The summed E-state index contributed by atoms with van der Waals surface area (Å²) in [6.07, 6.45) is 1.58. The lowest BCUT2D eigenvalue weighted by molar-refractivity contribution is -0.116. The second-order valence-corrected chi connectivity index (χ2v) is 17.0. The van der Waals surface area contributed by atoms with Crippen molar-refractivity contribution in [3.05, 3.63) is 153 Å². The molecule has 0 saturated heterocycles. The summed E-state index contributed by atoms with van der Waals surface area (Å²) in [7, 11) is 0. The monoisotopic (exact) mass is 830 g/mol. The van der Waals surface area contributed by atoms with E-state index in [0.717, 1.165) is 21.6 Å². The molecule has 1 aromatic heterocycles. The van der Waals surface area contributed by atoms with Gasteiger partial charge in [-0.15, -0.1) is 23.1 Å². The van der Waals surface area contributed by atoms with Crippen LogP contribution in [0.5, 0.6) is 0 Å². The number of carbonyl (C=O) groups is 5. The van der Waals surface area contributed by atoms with Gasteiger partial charge < -0.3 is 30.3 Å². The molecule has 4 aromatic carbocycles. The summed E-state index contributed by atoms with van der Waals surface area (Å²) in [6.45, 7) is 9.79. The van der Waals surface area contributed by atoms with E-state index in [2.05, 4.69) is 16.0 Å². The number of carbonyl (C=O) groups excluding carboxylic acids is 5. The molecule has 2 heterocycles. The van der Waals surface area contributed by atoms with Crippen LogP contribution in [-0.4, -0.2) is 53.4 Å². The molecule has 6 rings (SSSR count). The van der Waals surface area contributed by atoms with Gasteiger partial charge in [-0.3, -0.25) is 14.4 Å². The third-order valence-electron chi connectivity index (χ3n) is 9.13. The van der Waals surface area contributed by atoms with Crippen molar-refractivity contribution >= 4 is 69.6 Å². The van der Waals surface area contributed by atoms with Crippen LogP contribution < -0.4 is 16.0 Å². The molecule has 0 spiro atoms. The second kappa shape index (κ2) is 19.0. The maximum absolute atomic E-state index is 14.4. The number of thiophene rings is 1. The summed E-state index contributed by atoms with van der Waals surface area (Å²) in [5, 5.41) is 8.31. The molecule has 0 fully saturated rings. The van der Waals surface area contributed by atoms with Gasteiger partial charge in [0.05, 0.1) is 18.7 Å². The number of fused-ring (bicyclic) bond motifs is 1. The molecule has 11 nitrogen and oxygen atoms in total. The molecule has 0 radical (unpaired) electrons. The van der Waals surface area contributed by atoms with Gasteiger partial charge in [0.2, 0.25) is 5.91 Å². The van der Waals surface area contributed by atoms with E-state index in [4.69, 9.17) is 9.47 Å². The number of hydrogen-bond acceptors (Lipinski definition) is 9. The molecule has 13 heteroatoms. The SMILES string of the molecule is CCOC(=O)c1c(NC(=O)C(Sc2cccc(NC(=O)/C(=C/c3ccccc3C)NC(=O)c3ccccc3)c2)c2ccccc2)sc2c1CCN(C(=O)OC(C)(C)C)C2. The molecule has 59 heavy (non-hydrogen) atoms. The van der Waals surface area contributed by atoms with Crippen LogP contribution in [0.3, 0.4) is 0 Å². The van der Waals surface area contributed by atoms with Gasteiger partial charge in [0, 0.05) is 27.6 Å². The zero-order chi connectivity index (χ0) is 42.1. The molecule has 1 aliphatic rings. The van der Waals surface area contributed by atoms with Gasteiger partial charge >= 0.3 is 12.1 Å². The molecule has 4 amide bonds. The predicted octanol–water partition coefficient (Wildman–Crippen LogP) is 9.41. The molecule has 1 atom stereocenters. The summed E-state index contributed by atoms with van der Waals surface area (Å²) < 4.78 is 11.0. The zero-order valence-corrected chi connectivity index (χ0v) is 35.1. The molecule has 0 aliphatic carbocycles. The standard InChI is InChI=1S/C46H46N4O7S2/c1-6-56-44(54)38-35-24-25-50(45(55)57-46(3,4)5)28-37(35)59-43(38)49-42(53)39(30-17-9-7-10-18-30)58-34-23-15-22-33(27-34)47-41(52)36(26-32-21-14-13-16-29(32)2)48-40(51)31-19-11-8-12-20-31/h7-23,26-27,39H,6,24-25,28H2,1-5H3,(H,47,52)(H,48,51)(H,49,53)/b36-26-. The maximum Gasteiger partial charge on any atom is 0.410 e. The summed E-state index contributed by atoms with van der Waals surface area (Å²) >= 11 is 2.52. The van der Waals surface area contributed by atoms with Gasteiger partial charge in [0.25, 0.3) is 11.8 Å². The van der Waals surface area contributed by atoms with Gasteiger partial charge in [-0.2, -0.15) is 0 Å². The topological polar surface area (TPSA) is 143 Å². The van der Waals surface area contributed by atoms with Crippen LogP contribution in [0.4, 0.5) is 15.5 Å². The van der Waals surface area contributed by atoms with Crippen LogP contribution in [-0.2, 0) is 32.0 Å². The summed E-state index contributed by atoms with van der Waals surface area (Å²) in [6, 6.07) is 32.5. The number of esters is 1. The Bertz CT molecular complexity index is 2370. The molecule has 1 unspecified atom stereocenters. The highest BCUT2D eigenvalue weighted by molar-refractivity contribution is 8.00. The van der Waals surface area contributed by atoms with E-state index in [1.165, 1.54) is 23.1 Å². The predicted molar refractivity (Wildman–Crippen MR) is 232 cm³/mol. The smallest absolute Gasteiger partial charge is 0.410 e. The van der Waals surface area contributed by atoms with Crippen molar-refractivity contribution in [3.63, 3.8) is 0 Å². The highest BCUT2D eigenvalue weighted by atomic mass is 32.2. The van der Waals surface area contributed by atoms with Gasteiger partial charge in [-0.25, -0.2) is 9.59 Å². The molecular weight excluding hydrogens is 785 g/mol. The Balaban J connectivity index is 1.25. The van der Waals surface area contributed by atoms with Crippen molar-refractivity contribution in [2.45, 2.75) is 63.3 Å². The van der Waals surface area contributed by atoms with Crippen LogP contribution in [0.25, 0.3) is 6.08 Å². The van der Waals surface area contributed by atoms with Crippen LogP contribution in [0.15, 0.2) is 120 Å². The third kappa shape index (κ3) is 11.1. The quantitative estimate of drug-likeness (QED) is 0.0642. The van der Waals surface area contributed by atoms with Crippen LogP contribution >= 0.6 is 23.1 Å². The minimum Gasteiger partial charge on any atom is -0.462 e. The normalized spacial score (nSPS) is 13.1. The highest BCUT2D eigenvalue weighted by Crippen LogP contribution is 2.41. The summed E-state index contributed by atoms with van der Waals surface area (Å²) in [4.78, 5) is 70.8. The van der Waals surface area contributed by atoms with Crippen LogP contribution in [0, 0.1) is 6.92 Å². The average Bonchev–Trinajstić information content (AvgIpc) is 3.57. The van der Waals surface area contributed by atoms with E-state index in [9.17, 15) is 24.0 Å². The van der Waals surface area contributed by atoms with E-state index in [-0.39, 0.29) is 24.8 Å². The first-order valence-electron chi connectivity index (χ1n) is 19.2. The summed E-state index contributed by atoms with van der Waals surface area (Å²) in [5.41, 5.74) is 3.68. The van der Waals surface area contributed by atoms with Crippen molar-refractivity contribution in [3.8, 4) is 0 Å². The minimum absolute atomic E-state index is 0.0537. The first-order chi connectivity index (χ1) is 28.3. The fraction of sp³-hybridized carbons (Fsp3) is 0.239. The number of nitrogens with zero attached hydrogens (tertiary/aromatic N) is 1. The maximum atomic E-state index is 14.4. The van der Waals surface area contributed by atoms with E-state index < -0.39 is 34.7 Å². The first kappa shape index (κ1) is 42.4. The number of nitrogens with one attached hydrogen (secondary N) is 3. The molecule has 0 saturated carbocycles. The molecule has 3 N–H and O–H groups in total. The number of aryl methyl sites for hydroxylation is 1. The lowest BCUT2D eigenvalue weighted by atomic mass is 10.0. The Morgan fingerprint density at radius 2 is 1.58 bits per heavy atom. The molecular formula is C46H46N4O7S2. The number of amides is 4. The second-order valence-electron chi connectivity index (χ2n) is 14.7. The average molecular weight is 831 g/mol. The van der Waals surface area contributed by atoms with Crippen molar-refractivity contribution in [2.24, 2.45) is 0 Å². The summed E-state index contributed by atoms with van der Waals surface area (Å²) in [5.74, 6) is -1.89. The Kier molecular flexibility index (Phi) is 13.7. The first-order valence-corrected chi connectivity index (χ1v) is 20.9. The molecule has 0 bridgehead atoms. The van der Waals surface area contributed by atoms with Crippen molar-refractivity contribution < 1.29 is 33.4 Å². The van der Waals surface area contributed by atoms with Crippen LogP contribution in [0.1, 0.15) is 80.8 Å². The lowest BCUT2D eigenvalue weighted by Crippen LogP contribution is -2.39. The Morgan fingerprint density at radius 3 is 2.27 bits per heavy atom. The number of anilines is 2. The number of thioether (sulfide) groups is 1. The Labute approximate surface area is 352 Å². The van der Waals surface area contributed by atoms with E-state index in [1.54, 1.807) is 81.1 Å². The number of ether oxygens (including phenoxy) is 2. The van der Waals surface area contributed by atoms with E-state index in [0.29, 0.717) is 45.2 Å². The van der Waals surface area contributed by atoms with Crippen molar-refractivity contribution in [1.82, 2.24) is 10.2 Å². The third-order valence-corrected chi connectivity index (χ3v) is 11.5. The largest absolute Gasteiger partial charge is 0.462 e. The van der Waals surface area contributed by atoms with Crippen LogP contribution in [0.2, 0.25) is 0 Å². The van der Waals surface area contributed by atoms with Gasteiger partial charge in [0.15, 0.2) is 0 Å². The number of hydrogen-bond donors (Lipinski definition) is 3. The fourth-order valence-electron chi connectivity index (χ4n) is 6.30. The number of benzene rings is 4. The van der Waals surface area contributed by atoms with Gasteiger partial charge in [0.1, 0.15) is 21.5 Å². The van der Waals surface area contributed by atoms with E-state index >= 15 is 0 Å².